The van der Waals surface area contributed by atoms with Gasteiger partial charge in [0, 0.05) is 12.6 Å². The third-order valence-electron chi connectivity index (χ3n) is 5.30. The molecule has 0 aliphatic carbocycles. The summed E-state index contributed by atoms with van der Waals surface area (Å²) in [5.74, 6) is -0.743. The average molecular weight is 482 g/mol. The number of pyridine rings is 1. The van der Waals surface area contributed by atoms with Crippen LogP contribution in [0.3, 0.4) is 0 Å². The fourth-order valence-corrected chi connectivity index (χ4v) is 3.92. The van der Waals surface area contributed by atoms with Crippen molar-refractivity contribution in [3.8, 4) is 5.82 Å². The fraction of sp³-hybridized carbons (Fsp3) is 0.222. The van der Waals surface area contributed by atoms with Crippen LogP contribution in [0.1, 0.15) is 12.6 Å². The molecule has 0 spiro atoms. The van der Waals surface area contributed by atoms with Gasteiger partial charge in [-0.2, -0.15) is 22.7 Å². The lowest BCUT2D eigenvalue weighted by molar-refractivity contribution is -0.181. The van der Waals surface area contributed by atoms with Gasteiger partial charge in [0.1, 0.15) is 18.1 Å². The van der Waals surface area contributed by atoms with Crippen LogP contribution in [0.15, 0.2) is 37.2 Å². The number of hydrogen-bond donors (Lipinski definition) is 1. The molecule has 0 aromatic carbocycles. The van der Waals surface area contributed by atoms with Crippen molar-refractivity contribution in [2.45, 2.75) is 18.5 Å². The quantitative estimate of drug-likeness (QED) is 0.440. The van der Waals surface area contributed by atoms with Gasteiger partial charge in [-0.25, -0.2) is 28.9 Å². The zero-order valence-electron chi connectivity index (χ0n) is 16.5. The minimum absolute atomic E-state index is 0.108. The van der Waals surface area contributed by atoms with Crippen LogP contribution >= 0.6 is 11.6 Å². The Kier molecular flexibility index (Phi) is 4.53. The van der Waals surface area contributed by atoms with Crippen molar-refractivity contribution in [3.63, 3.8) is 0 Å². The Morgan fingerprint density at radius 3 is 2.70 bits per heavy atom. The maximum Gasteiger partial charge on any atom is 0.401 e. The van der Waals surface area contributed by atoms with Crippen LogP contribution < -0.4 is 10.2 Å². The Hall–Kier alpha value is -3.81. The molecule has 4 aromatic heterocycles. The number of halogens is 5. The predicted octanol–water partition coefficient (Wildman–Crippen LogP) is 3.37. The van der Waals surface area contributed by atoms with E-state index in [1.54, 1.807) is 0 Å². The van der Waals surface area contributed by atoms with Gasteiger partial charge in [-0.15, -0.1) is 5.10 Å². The van der Waals surface area contributed by atoms with Gasteiger partial charge in [-0.1, -0.05) is 11.6 Å². The summed E-state index contributed by atoms with van der Waals surface area (Å²) in [5.41, 5.74) is -3.04. The Balaban J connectivity index is 1.51. The molecule has 2 amide bonds. The summed E-state index contributed by atoms with van der Waals surface area (Å²) in [6.07, 6.45) is 0.244. The molecule has 0 bridgehead atoms. The van der Waals surface area contributed by atoms with Crippen molar-refractivity contribution >= 4 is 34.7 Å². The molecule has 0 saturated carbocycles. The third kappa shape index (κ3) is 3.25. The number of fused-ring (bicyclic) bond motifs is 3. The molecule has 0 unspecified atom stereocenters. The second-order valence-electron chi connectivity index (χ2n) is 7.44. The molecule has 170 valence electrons. The topological polar surface area (TPSA) is 106 Å². The molecule has 15 heteroatoms. The van der Waals surface area contributed by atoms with Gasteiger partial charge in [-0.05, 0) is 13.0 Å². The highest BCUT2D eigenvalue weighted by atomic mass is 35.5. The highest BCUT2D eigenvalue weighted by Gasteiger charge is 2.60. The van der Waals surface area contributed by atoms with E-state index in [0.29, 0.717) is 0 Å². The molecule has 0 fully saturated rings. The molecular weight excluding hydrogens is 470 g/mol. The van der Waals surface area contributed by atoms with E-state index < -0.39 is 35.8 Å². The number of urea groups is 1. The lowest BCUT2D eigenvalue weighted by Gasteiger charge is -2.28. The smallest absolute Gasteiger partial charge is 0.306 e. The number of aromatic nitrogens is 7. The predicted molar refractivity (Wildman–Crippen MR) is 107 cm³/mol. The fourth-order valence-electron chi connectivity index (χ4n) is 3.67. The van der Waals surface area contributed by atoms with E-state index in [2.05, 4.69) is 30.5 Å². The highest BCUT2D eigenvalue weighted by Crippen LogP contribution is 2.49. The van der Waals surface area contributed by atoms with Crippen LogP contribution in [0.5, 0.6) is 0 Å². The van der Waals surface area contributed by atoms with Crippen molar-refractivity contribution in [3.05, 3.63) is 53.8 Å². The van der Waals surface area contributed by atoms with Crippen molar-refractivity contribution in [1.82, 2.24) is 34.3 Å². The largest absolute Gasteiger partial charge is 0.401 e. The van der Waals surface area contributed by atoms with Crippen LogP contribution in [-0.2, 0) is 5.41 Å². The number of nitrogens with zero attached hydrogens (tertiary/aromatic N) is 8. The Morgan fingerprint density at radius 2 is 2.03 bits per heavy atom. The first-order valence-corrected chi connectivity index (χ1v) is 9.67. The Bertz CT molecular complexity index is 1390. The van der Waals surface area contributed by atoms with E-state index in [-0.39, 0.29) is 27.9 Å². The monoisotopic (exact) mass is 481 g/mol. The maximum atomic E-state index is 14.1. The molecule has 1 N–H and O–H groups in total. The van der Waals surface area contributed by atoms with Crippen LogP contribution in [0, 0.1) is 5.95 Å². The van der Waals surface area contributed by atoms with Crippen molar-refractivity contribution in [1.29, 1.82) is 0 Å². The van der Waals surface area contributed by atoms with Crippen molar-refractivity contribution in [2.24, 2.45) is 0 Å². The molecule has 1 aliphatic heterocycles. The molecule has 4 aromatic rings. The number of amides is 2. The van der Waals surface area contributed by atoms with Crippen LogP contribution in [-0.4, -0.2) is 53.1 Å². The van der Waals surface area contributed by atoms with E-state index in [0.717, 1.165) is 28.6 Å². The number of rotatable bonds is 2. The lowest BCUT2D eigenvalue weighted by atomic mass is 9.88. The molecular formula is C18H12ClF4N9O. The number of alkyl halides is 3. The third-order valence-corrected chi connectivity index (χ3v) is 5.58. The summed E-state index contributed by atoms with van der Waals surface area (Å²) < 4.78 is 58.1. The number of nitrogens with one attached hydrogen (secondary N) is 1. The molecule has 0 radical (unpaired) electrons. The summed E-state index contributed by atoms with van der Waals surface area (Å²) in [5, 5.41) is 10.0. The highest BCUT2D eigenvalue weighted by molar-refractivity contribution is 6.32. The second-order valence-corrected chi connectivity index (χ2v) is 7.85. The van der Waals surface area contributed by atoms with Gasteiger partial charge >= 0.3 is 12.2 Å². The number of hydrogen-bond acceptors (Lipinski definition) is 6. The molecule has 5 heterocycles. The van der Waals surface area contributed by atoms with Crippen LogP contribution in [0.4, 0.5) is 33.7 Å². The van der Waals surface area contributed by atoms with Gasteiger partial charge in [0.2, 0.25) is 5.95 Å². The summed E-state index contributed by atoms with van der Waals surface area (Å²) >= 11 is 6.20. The summed E-state index contributed by atoms with van der Waals surface area (Å²) in [4.78, 5) is 25.7. The number of carbonyl (C=O) groups excluding carboxylic acids is 1. The van der Waals surface area contributed by atoms with E-state index in [9.17, 15) is 22.4 Å². The Morgan fingerprint density at radius 1 is 1.24 bits per heavy atom. The normalized spacial score (nSPS) is 18.1. The standard InChI is InChI=1S/C18H12ClF4N9O/c1-17(18(21,22)23)6-30(11-5-25-13-3-12(20)29-32(13)14(11)17)16(33)28-9-2-10(19)15(26-4-9)31-8-24-7-27-31/h2-5,7-8H,6H2,1H3,(H,28,33)/t17-/m1/s1. The summed E-state index contributed by atoms with van der Waals surface area (Å²) in [6, 6.07) is 1.39. The lowest BCUT2D eigenvalue weighted by Crippen LogP contribution is -2.46. The summed E-state index contributed by atoms with van der Waals surface area (Å²) in [6.45, 7) is 0.154. The molecule has 1 aliphatic rings. The zero-order chi connectivity index (χ0) is 23.5. The number of anilines is 2. The molecule has 5 rings (SSSR count). The first-order chi connectivity index (χ1) is 15.6. The van der Waals surface area contributed by atoms with E-state index in [1.165, 1.54) is 29.6 Å². The molecule has 0 saturated heterocycles. The van der Waals surface area contributed by atoms with Crippen molar-refractivity contribution < 1.29 is 22.4 Å². The molecule has 1 atom stereocenters. The SMILES string of the molecule is C[C@@]1(C(F)(F)F)CN(C(=O)Nc2cnc(-n3cncn3)c(Cl)c2)c2cnc3cc(F)nn3c21. The van der Waals surface area contributed by atoms with Gasteiger partial charge < -0.3 is 5.32 Å². The van der Waals surface area contributed by atoms with Crippen LogP contribution in [0.25, 0.3) is 11.5 Å². The molecule has 10 nitrogen and oxygen atoms in total. The maximum absolute atomic E-state index is 14.1. The van der Waals surface area contributed by atoms with E-state index >= 15 is 0 Å². The summed E-state index contributed by atoms with van der Waals surface area (Å²) in [7, 11) is 0. The minimum atomic E-state index is -4.77. The van der Waals surface area contributed by atoms with Crippen LogP contribution in [0.2, 0.25) is 5.02 Å². The van der Waals surface area contributed by atoms with Gasteiger partial charge in [0.05, 0.1) is 34.5 Å². The first-order valence-electron chi connectivity index (χ1n) is 9.29. The van der Waals surface area contributed by atoms with Gasteiger partial charge in [0.15, 0.2) is 11.5 Å². The molecule has 33 heavy (non-hydrogen) atoms. The number of carbonyl (C=O) groups is 1. The van der Waals surface area contributed by atoms with Gasteiger partial charge in [0.25, 0.3) is 0 Å². The van der Waals surface area contributed by atoms with E-state index in [1.807, 2.05) is 0 Å². The first kappa shape index (κ1) is 21.1. The zero-order valence-corrected chi connectivity index (χ0v) is 17.3. The van der Waals surface area contributed by atoms with E-state index in [4.69, 9.17) is 11.6 Å². The van der Waals surface area contributed by atoms with Crippen molar-refractivity contribution in [2.75, 3.05) is 16.8 Å². The van der Waals surface area contributed by atoms with Gasteiger partial charge in [-0.3, -0.25) is 4.90 Å². The minimum Gasteiger partial charge on any atom is -0.306 e. The average Bonchev–Trinajstić information content (AvgIpc) is 3.45. The Labute approximate surface area is 186 Å². The second kappa shape index (κ2) is 7.10.